The number of nitrogens with two attached hydrogens (primary N) is 1. The second kappa shape index (κ2) is 6.79. The number of anilines is 3. The van der Waals surface area contributed by atoms with Gasteiger partial charge in [0.15, 0.2) is 0 Å². The fraction of sp³-hybridized carbons (Fsp3) is 0.235. The van der Waals surface area contributed by atoms with E-state index in [4.69, 9.17) is 5.73 Å². The summed E-state index contributed by atoms with van der Waals surface area (Å²) in [6.07, 6.45) is 2.10. The first-order valence-corrected chi connectivity index (χ1v) is 7.09. The van der Waals surface area contributed by atoms with Crippen LogP contribution in [0.15, 0.2) is 48.5 Å². The molecule has 0 bridgehead atoms. The fourth-order valence-corrected chi connectivity index (χ4v) is 2.23. The summed E-state index contributed by atoms with van der Waals surface area (Å²) in [6, 6.07) is 15.1. The highest BCUT2D eigenvalue weighted by Crippen LogP contribution is 2.28. The van der Waals surface area contributed by atoms with Gasteiger partial charge in [0.2, 0.25) is 0 Å². The second-order valence-corrected chi connectivity index (χ2v) is 4.92. The lowest BCUT2D eigenvalue weighted by Gasteiger charge is -2.25. The molecular weight excluding hydrogens is 264 g/mol. The summed E-state index contributed by atoms with van der Waals surface area (Å²) in [5.74, 6) is -1.00. The SMILES string of the molecule is CCCCN(c1ccccc1)c1ccc(N)c(C(=O)O)c1. The summed E-state index contributed by atoms with van der Waals surface area (Å²) in [4.78, 5) is 13.4. The predicted molar refractivity (Wildman–Crippen MR) is 86.2 cm³/mol. The van der Waals surface area contributed by atoms with E-state index < -0.39 is 5.97 Å². The number of carboxylic acids is 1. The molecule has 0 heterocycles. The van der Waals surface area contributed by atoms with Crippen LogP contribution < -0.4 is 10.6 Å². The Morgan fingerprint density at radius 3 is 2.48 bits per heavy atom. The number of para-hydroxylation sites is 1. The van der Waals surface area contributed by atoms with Gasteiger partial charge < -0.3 is 15.7 Å². The van der Waals surface area contributed by atoms with Gasteiger partial charge in [-0.05, 0) is 36.8 Å². The average Bonchev–Trinajstić information content (AvgIpc) is 2.50. The number of nitrogen functional groups attached to an aromatic ring is 1. The molecular formula is C17H20N2O2. The molecule has 0 saturated heterocycles. The van der Waals surface area contributed by atoms with Gasteiger partial charge in [0.05, 0.1) is 5.56 Å². The van der Waals surface area contributed by atoms with Crippen LogP contribution in [0, 0.1) is 0 Å². The molecule has 2 aromatic rings. The molecule has 0 amide bonds. The molecule has 2 aromatic carbocycles. The van der Waals surface area contributed by atoms with Crippen molar-refractivity contribution in [2.75, 3.05) is 17.2 Å². The highest BCUT2D eigenvalue weighted by atomic mass is 16.4. The predicted octanol–water partition coefficient (Wildman–Crippen LogP) is 3.91. The lowest BCUT2D eigenvalue weighted by Crippen LogP contribution is -2.19. The quantitative estimate of drug-likeness (QED) is 0.789. The Balaban J connectivity index is 2.41. The number of hydrogen-bond acceptors (Lipinski definition) is 3. The van der Waals surface area contributed by atoms with E-state index in [1.54, 1.807) is 12.1 Å². The molecule has 0 atom stereocenters. The Kier molecular flexibility index (Phi) is 4.82. The molecule has 0 radical (unpaired) electrons. The number of unbranched alkanes of at least 4 members (excludes halogenated alkanes) is 1. The zero-order valence-corrected chi connectivity index (χ0v) is 12.1. The van der Waals surface area contributed by atoms with E-state index in [0.29, 0.717) is 0 Å². The molecule has 21 heavy (non-hydrogen) atoms. The molecule has 0 aliphatic heterocycles. The molecule has 0 aromatic heterocycles. The van der Waals surface area contributed by atoms with Crippen molar-refractivity contribution in [2.45, 2.75) is 19.8 Å². The summed E-state index contributed by atoms with van der Waals surface area (Å²) in [6.45, 7) is 2.97. The molecule has 0 fully saturated rings. The first kappa shape index (κ1) is 14.9. The highest BCUT2D eigenvalue weighted by Gasteiger charge is 2.13. The Labute approximate surface area is 124 Å². The molecule has 4 nitrogen and oxygen atoms in total. The van der Waals surface area contributed by atoms with E-state index >= 15 is 0 Å². The molecule has 2 rings (SSSR count). The zero-order valence-electron chi connectivity index (χ0n) is 12.1. The molecule has 0 unspecified atom stereocenters. The standard InChI is InChI=1S/C17H20N2O2/c1-2-3-11-19(13-7-5-4-6-8-13)14-9-10-16(18)15(12-14)17(20)21/h4-10,12H,2-3,11,18H2,1H3,(H,20,21). The summed E-state index contributed by atoms with van der Waals surface area (Å²) >= 11 is 0. The van der Waals surface area contributed by atoms with Crippen molar-refractivity contribution >= 4 is 23.0 Å². The van der Waals surface area contributed by atoms with E-state index in [1.807, 2.05) is 36.4 Å². The van der Waals surface area contributed by atoms with Crippen molar-refractivity contribution in [2.24, 2.45) is 0 Å². The van der Waals surface area contributed by atoms with Crippen LogP contribution in [0.25, 0.3) is 0 Å². The minimum absolute atomic E-state index is 0.143. The van der Waals surface area contributed by atoms with Gasteiger partial charge in [-0.3, -0.25) is 0 Å². The third-order valence-electron chi connectivity index (χ3n) is 3.38. The molecule has 3 N–H and O–H groups in total. The van der Waals surface area contributed by atoms with Crippen LogP contribution in [0.1, 0.15) is 30.1 Å². The minimum atomic E-state index is -1.00. The van der Waals surface area contributed by atoms with Gasteiger partial charge in [-0.25, -0.2) is 4.79 Å². The molecule has 110 valence electrons. The van der Waals surface area contributed by atoms with Crippen LogP contribution in [0.3, 0.4) is 0 Å². The molecule has 0 spiro atoms. The van der Waals surface area contributed by atoms with Gasteiger partial charge >= 0.3 is 5.97 Å². The van der Waals surface area contributed by atoms with Gasteiger partial charge in [-0.2, -0.15) is 0 Å². The van der Waals surface area contributed by atoms with E-state index in [2.05, 4.69) is 11.8 Å². The average molecular weight is 284 g/mol. The van der Waals surface area contributed by atoms with Crippen molar-refractivity contribution in [3.63, 3.8) is 0 Å². The topological polar surface area (TPSA) is 66.6 Å². The van der Waals surface area contributed by atoms with Crippen molar-refractivity contribution in [3.05, 3.63) is 54.1 Å². The highest BCUT2D eigenvalue weighted by molar-refractivity contribution is 5.95. The Bertz CT molecular complexity index is 611. The number of benzene rings is 2. The van der Waals surface area contributed by atoms with E-state index in [9.17, 15) is 9.90 Å². The number of hydrogen-bond donors (Lipinski definition) is 2. The normalized spacial score (nSPS) is 10.3. The zero-order chi connectivity index (χ0) is 15.2. The first-order valence-electron chi connectivity index (χ1n) is 7.09. The molecule has 0 aliphatic carbocycles. The number of nitrogens with zero attached hydrogens (tertiary/aromatic N) is 1. The summed E-state index contributed by atoms with van der Waals surface area (Å²) < 4.78 is 0. The van der Waals surface area contributed by atoms with E-state index in [1.165, 1.54) is 0 Å². The van der Waals surface area contributed by atoms with Crippen LogP contribution in [0.4, 0.5) is 17.1 Å². The number of carbonyl (C=O) groups is 1. The third-order valence-corrected chi connectivity index (χ3v) is 3.38. The lowest BCUT2D eigenvalue weighted by molar-refractivity contribution is 0.0698. The molecule has 4 heteroatoms. The van der Waals surface area contributed by atoms with Crippen LogP contribution >= 0.6 is 0 Å². The van der Waals surface area contributed by atoms with E-state index in [-0.39, 0.29) is 11.3 Å². The second-order valence-electron chi connectivity index (χ2n) is 4.92. The number of aromatic carboxylic acids is 1. The monoisotopic (exact) mass is 284 g/mol. The fourth-order valence-electron chi connectivity index (χ4n) is 2.23. The van der Waals surface area contributed by atoms with E-state index in [0.717, 1.165) is 30.8 Å². The minimum Gasteiger partial charge on any atom is -0.478 e. The van der Waals surface area contributed by atoms with Gasteiger partial charge in [-0.1, -0.05) is 31.5 Å². The molecule has 0 aliphatic rings. The van der Waals surface area contributed by atoms with Gasteiger partial charge in [0.1, 0.15) is 0 Å². The Morgan fingerprint density at radius 1 is 1.14 bits per heavy atom. The van der Waals surface area contributed by atoms with Crippen LogP contribution in [-0.4, -0.2) is 17.6 Å². The van der Waals surface area contributed by atoms with Crippen LogP contribution in [-0.2, 0) is 0 Å². The van der Waals surface area contributed by atoms with Crippen molar-refractivity contribution in [1.29, 1.82) is 0 Å². The number of rotatable bonds is 6. The molecule has 0 saturated carbocycles. The van der Waals surface area contributed by atoms with Crippen molar-refractivity contribution in [1.82, 2.24) is 0 Å². The Morgan fingerprint density at radius 2 is 1.86 bits per heavy atom. The summed E-state index contributed by atoms with van der Waals surface area (Å²) in [5.41, 5.74) is 8.06. The Hall–Kier alpha value is -2.49. The summed E-state index contributed by atoms with van der Waals surface area (Å²) in [7, 11) is 0. The third kappa shape index (κ3) is 3.54. The van der Waals surface area contributed by atoms with Crippen molar-refractivity contribution < 1.29 is 9.90 Å². The van der Waals surface area contributed by atoms with Crippen molar-refractivity contribution in [3.8, 4) is 0 Å². The maximum atomic E-state index is 11.2. The van der Waals surface area contributed by atoms with Gasteiger partial charge in [-0.15, -0.1) is 0 Å². The maximum absolute atomic E-state index is 11.2. The summed E-state index contributed by atoms with van der Waals surface area (Å²) in [5, 5.41) is 9.22. The van der Waals surface area contributed by atoms with Crippen LogP contribution in [0.2, 0.25) is 0 Å². The maximum Gasteiger partial charge on any atom is 0.337 e. The smallest absolute Gasteiger partial charge is 0.337 e. The number of carboxylic acid groups (broad SMARTS) is 1. The van der Waals surface area contributed by atoms with Gasteiger partial charge in [0, 0.05) is 23.6 Å². The lowest BCUT2D eigenvalue weighted by atomic mass is 10.1. The first-order chi connectivity index (χ1) is 10.1. The largest absolute Gasteiger partial charge is 0.478 e. The van der Waals surface area contributed by atoms with Crippen LogP contribution in [0.5, 0.6) is 0 Å². The van der Waals surface area contributed by atoms with Gasteiger partial charge in [0.25, 0.3) is 0 Å².